The molecular formula is C12H18Cl2N2OS. The summed E-state index contributed by atoms with van der Waals surface area (Å²) < 4.78 is 0. The van der Waals surface area contributed by atoms with Crippen molar-refractivity contribution in [1.82, 2.24) is 5.32 Å². The van der Waals surface area contributed by atoms with Gasteiger partial charge in [-0.05, 0) is 31.2 Å². The number of hydrogen-bond acceptors (Lipinski definition) is 3. The third-order valence-electron chi connectivity index (χ3n) is 2.01. The van der Waals surface area contributed by atoms with Gasteiger partial charge in [0.1, 0.15) is 0 Å². The van der Waals surface area contributed by atoms with Crippen molar-refractivity contribution in [1.29, 1.82) is 0 Å². The van der Waals surface area contributed by atoms with E-state index in [0.717, 1.165) is 15.7 Å². The maximum atomic E-state index is 11.3. The number of nitrogens with two attached hydrogens (primary N) is 1. The van der Waals surface area contributed by atoms with Gasteiger partial charge in [0.25, 0.3) is 0 Å². The highest BCUT2D eigenvalue weighted by atomic mass is 35.5. The van der Waals surface area contributed by atoms with Gasteiger partial charge in [0, 0.05) is 34.7 Å². The second-order valence-corrected chi connectivity index (χ2v) is 5.44. The van der Waals surface area contributed by atoms with Crippen LogP contribution in [0.25, 0.3) is 0 Å². The molecule has 0 saturated carbocycles. The lowest BCUT2D eigenvalue weighted by atomic mass is 10.2. The molecule has 0 fully saturated rings. The normalized spacial score (nSPS) is 11.5. The Morgan fingerprint density at radius 3 is 2.61 bits per heavy atom. The predicted octanol–water partition coefficient (Wildman–Crippen LogP) is 2.71. The lowest BCUT2D eigenvalue weighted by Crippen LogP contribution is -2.31. The summed E-state index contributed by atoms with van der Waals surface area (Å²) in [6.07, 6.45) is 0.381. The first kappa shape index (κ1) is 17.6. The zero-order valence-corrected chi connectivity index (χ0v) is 12.6. The van der Waals surface area contributed by atoms with Crippen molar-refractivity contribution < 1.29 is 4.79 Å². The molecule has 0 spiro atoms. The van der Waals surface area contributed by atoms with E-state index in [2.05, 4.69) is 5.32 Å². The Morgan fingerprint density at radius 2 is 2.06 bits per heavy atom. The van der Waals surface area contributed by atoms with Gasteiger partial charge in [0.2, 0.25) is 5.91 Å². The molecule has 0 heterocycles. The third-order valence-corrected chi connectivity index (χ3v) is 3.28. The molecule has 1 aromatic rings. The molecule has 1 unspecified atom stereocenters. The average molecular weight is 309 g/mol. The lowest BCUT2D eigenvalue weighted by molar-refractivity contribution is -0.121. The fraction of sp³-hybridized carbons (Fsp3) is 0.417. The van der Waals surface area contributed by atoms with Crippen molar-refractivity contribution in [3.8, 4) is 0 Å². The number of nitrogens with one attached hydrogen (secondary N) is 1. The van der Waals surface area contributed by atoms with Crippen LogP contribution in [0.15, 0.2) is 29.2 Å². The molecule has 0 aliphatic carbocycles. The number of carbonyl (C=O) groups excluding carboxylic acids is 1. The van der Waals surface area contributed by atoms with Gasteiger partial charge in [0.05, 0.1) is 0 Å². The predicted molar refractivity (Wildman–Crippen MR) is 80.7 cm³/mol. The van der Waals surface area contributed by atoms with Crippen LogP contribution in [0.5, 0.6) is 0 Å². The minimum Gasteiger partial charge on any atom is -0.355 e. The summed E-state index contributed by atoms with van der Waals surface area (Å²) in [5, 5.41) is 3.57. The number of hydrogen-bond donors (Lipinski definition) is 2. The number of carbonyl (C=O) groups is 1. The maximum Gasteiger partial charge on any atom is 0.221 e. The summed E-state index contributed by atoms with van der Waals surface area (Å²) in [5.41, 5.74) is 5.52. The number of thioether (sulfide) groups is 1. The molecule has 3 N–H and O–H groups in total. The van der Waals surface area contributed by atoms with Crippen LogP contribution in [0.2, 0.25) is 5.02 Å². The van der Waals surface area contributed by atoms with E-state index in [1.165, 1.54) is 0 Å². The highest BCUT2D eigenvalue weighted by Crippen LogP contribution is 2.19. The minimum absolute atomic E-state index is 0. The fourth-order valence-corrected chi connectivity index (χ4v) is 2.15. The molecule has 1 amide bonds. The smallest absolute Gasteiger partial charge is 0.221 e. The largest absolute Gasteiger partial charge is 0.355 e. The summed E-state index contributed by atoms with van der Waals surface area (Å²) in [6.45, 7) is 2.47. The molecule has 102 valence electrons. The van der Waals surface area contributed by atoms with E-state index in [0.29, 0.717) is 13.0 Å². The van der Waals surface area contributed by atoms with Gasteiger partial charge in [-0.15, -0.1) is 24.2 Å². The van der Waals surface area contributed by atoms with E-state index >= 15 is 0 Å². The van der Waals surface area contributed by atoms with E-state index in [1.54, 1.807) is 11.8 Å². The van der Waals surface area contributed by atoms with Crippen LogP contribution in [0.4, 0.5) is 0 Å². The first-order chi connectivity index (χ1) is 8.08. The second-order valence-electron chi connectivity index (χ2n) is 3.83. The Labute approximate surface area is 123 Å². The zero-order chi connectivity index (χ0) is 12.7. The van der Waals surface area contributed by atoms with Gasteiger partial charge in [-0.2, -0.15) is 0 Å². The third kappa shape index (κ3) is 7.82. The van der Waals surface area contributed by atoms with Gasteiger partial charge >= 0.3 is 0 Å². The molecule has 1 aromatic carbocycles. The van der Waals surface area contributed by atoms with Gasteiger partial charge in [-0.3, -0.25) is 4.79 Å². The highest BCUT2D eigenvalue weighted by Gasteiger charge is 2.03. The molecule has 0 saturated heterocycles. The molecule has 1 atom stereocenters. The van der Waals surface area contributed by atoms with E-state index in [4.69, 9.17) is 17.3 Å². The summed E-state index contributed by atoms with van der Waals surface area (Å²) in [6, 6.07) is 7.57. The van der Waals surface area contributed by atoms with E-state index in [-0.39, 0.29) is 24.4 Å². The van der Waals surface area contributed by atoms with Crippen LogP contribution in [-0.2, 0) is 4.79 Å². The lowest BCUT2D eigenvalue weighted by Gasteiger charge is -2.07. The van der Waals surface area contributed by atoms with E-state index in [1.807, 2.05) is 31.2 Å². The van der Waals surface area contributed by atoms with Gasteiger partial charge in [-0.25, -0.2) is 0 Å². The summed E-state index contributed by atoms with van der Waals surface area (Å²) in [7, 11) is 0. The van der Waals surface area contributed by atoms with Crippen LogP contribution in [-0.4, -0.2) is 24.2 Å². The standard InChI is InChI=1S/C12H17ClN2OS.ClH/c1-9(14)8-12(16)15-6-7-17-11-4-2-10(13)3-5-11;/h2-5,9H,6-8,14H2,1H3,(H,15,16);1H. The summed E-state index contributed by atoms with van der Waals surface area (Å²) in [4.78, 5) is 12.4. The molecule has 3 nitrogen and oxygen atoms in total. The zero-order valence-electron chi connectivity index (χ0n) is 10.2. The number of rotatable bonds is 6. The number of amides is 1. The molecule has 0 bridgehead atoms. The quantitative estimate of drug-likeness (QED) is 0.627. The highest BCUT2D eigenvalue weighted by molar-refractivity contribution is 7.99. The minimum atomic E-state index is -0.0843. The van der Waals surface area contributed by atoms with Crippen molar-refractivity contribution in [3.05, 3.63) is 29.3 Å². The molecule has 0 aliphatic rings. The van der Waals surface area contributed by atoms with Gasteiger partial charge in [-0.1, -0.05) is 11.6 Å². The Hall–Kier alpha value is -0.420. The maximum absolute atomic E-state index is 11.3. The van der Waals surface area contributed by atoms with Gasteiger partial charge in [0.15, 0.2) is 0 Å². The van der Waals surface area contributed by atoms with Crippen LogP contribution in [0, 0.1) is 0 Å². The Morgan fingerprint density at radius 1 is 1.44 bits per heavy atom. The van der Waals surface area contributed by atoms with Crippen molar-refractivity contribution >= 4 is 41.7 Å². The average Bonchev–Trinajstić information content (AvgIpc) is 2.26. The summed E-state index contributed by atoms with van der Waals surface area (Å²) in [5.74, 6) is 0.850. The van der Waals surface area contributed by atoms with E-state index in [9.17, 15) is 4.79 Å². The SMILES string of the molecule is CC(N)CC(=O)NCCSc1ccc(Cl)cc1.Cl. The molecular weight excluding hydrogens is 291 g/mol. The van der Waals surface area contributed by atoms with E-state index < -0.39 is 0 Å². The topological polar surface area (TPSA) is 55.1 Å². The van der Waals surface area contributed by atoms with Crippen LogP contribution < -0.4 is 11.1 Å². The van der Waals surface area contributed by atoms with Gasteiger partial charge < -0.3 is 11.1 Å². The Kier molecular flexibility index (Phi) is 9.28. The first-order valence-electron chi connectivity index (χ1n) is 5.48. The molecule has 1 rings (SSSR count). The molecule has 0 aromatic heterocycles. The van der Waals surface area contributed by atoms with Crippen molar-refractivity contribution in [2.75, 3.05) is 12.3 Å². The van der Waals surface area contributed by atoms with Crippen molar-refractivity contribution in [2.24, 2.45) is 5.73 Å². The van der Waals surface area contributed by atoms with Crippen LogP contribution in [0.3, 0.4) is 0 Å². The molecule has 0 radical (unpaired) electrons. The number of benzene rings is 1. The van der Waals surface area contributed by atoms with Crippen LogP contribution in [0.1, 0.15) is 13.3 Å². The van der Waals surface area contributed by atoms with Crippen LogP contribution >= 0.6 is 35.8 Å². The Bertz CT molecular complexity index is 358. The fourth-order valence-electron chi connectivity index (χ4n) is 1.25. The van der Waals surface area contributed by atoms with Crippen molar-refractivity contribution in [3.63, 3.8) is 0 Å². The second kappa shape index (κ2) is 9.50. The Balaban J connectivity index is 0.00000289. The number of halogens is 2. The first-order valence-corrected chi connectivity index (χ1v) is 6.85. The monoisotopic (exact) mass is 308 g/mol. The van der Waals surface area contributed by atoms with Crippen molar-refractivity contribution in [2.45, 2.75) is 24.3 Å². The summed E-state index contributed by atoms with van der Waals surface area (Å²) >= 11 is 7.47. The molecule has 0 aliphatic heterocycles. The molecule has 6 heteroatoms. The molecule has 18 heavy (non-hydrogen) atoms.